The topological polar surface area (TPSA) is 12.0 Å². The van der Waals surface area contributed by atoms with E-state index in [1.165, 1.54) is 6.07 Å². The molecule has 0 heterocycles. The standard InChI is InChI=1S/C14H18FN/c1-3-7-13(16-10-4-2)11-12-8-5-6-9-14(12)15/h1,5-6,8-9,13,16H,4,7,10-11H2,2H3. The molecule has 0 bridgehead atoms. The van der Waals surface area contributed by atoms with Crippen molar-refractivity contribution in [1.29, 1.82) is 0 Å². The van der Waals surface area contributed by atoms with Crippen LogP contribution in [0.5, 0.6) is 0 Å². The quantitative estimate of drug-likeness (QED) is 0.725. The lowest BCUT2D eigenvalue weighted by Gasteiger charge is -2.16. The van der Waals surface area contributed by atoms with Gasteiger partial charge in [0.1, 0.15) is 5.82 Å². The fourth-order valence-electron chi connectivity index (χ4n) is 1.64. The van der Waals surface area contributed by atoms with Crippen LogP contribution in [0.15, 0.2) is 24.3 Å². The third-order valence-electron chi connectivity index (χ3n) is 2.47. The molecule has 1 aromatic rings. The van der Waals surface area contributed by atoms with E-state index in [4.69, 9.17) is 6.42 Å². The first kappa shape index (κ1) is 12.7. The first-order valence-corrected chi connectivity index (χ1v) is 5.68. The second kappa shape index (κ2) is 7.03. The van der Waals surface area contributed by atoms with Gasteiger partial charge in [0, 0.05) is 12.5 Å². The zero-order valence-electron chi connectivity index (χ0n) is 9.67. The fourth-order valence-corrected chi connectivity index (χ4v) is 1.64. The monoisotopic (exact) mass is 219 g/mol. The molecule has 1 nitrogen and oxygen atoms in total. The van der Waals surface area contributed by atoms with Crippen LogP contribution in [-0.2, 0) is 6.42 Å². The summed E-state index contributed by atoms with van der Waals surface area (Å²) >= 11 is 0. The average Bonchev–Trinajstić information content (AvgIpc) is 2.29. The Morgan fingerprint density at radius 1 is 1.44 bits per heavy atom. The summed E-state index contributed by atoms with van der Waals surface area (Å²) in [5.74, 6) is 2.48. The first-order valence-electron chi connectivity index (χ1n) is 5.68. The Kier molecular flexibility index (Phi) is 5.60. The molecule has 0 aromatic heterocycles. The van der Waals surface area contributed by atoms with Crippen molar-refractivity contribution in [3.8, 4) is 12.3 Å². The average molecular weight is 219 g/mol. The molecule has 1 N–H and O–H groups in total. The zero-order valence-corrected chi connectivity index (χ0v) is 9.67. The molecule has 0 aliphatic heterocycles. The van der Waals surface area contributed by atoms with E-state index in [0.717, 1.165) is 18.5 Å². The lowest BCUT2D eigenvalue weighted by atomic mass is 10.0. The van der Waals surface area contributed by atoms with E-state index in [9.17, 15) is 4.39 Å². The molecular formula is C14H18FN. The summed E-state index contributed by atoms with van der Waals surface area (Å²) in [6.45, 7) is 3.02. The van der Waals surface area contributed by atoms with Crippen LogP contribution in [0, 0.1) is 18.2 Å². The molecule has 1 aromatic carbocycles. The van der Waals surface area contributed by atoms with Crippen LogP contribution < -0.4 is 5.32 Å². The van der Waals surface area contributed by atoms with Gasteiger partial charge in [-0.05, 0) is 31.0 Å². The van der Waals surface area contributed by atoms with Crippen LogP contribution in [0.1, 0.15) is 25.3 Å². The fraction of sp³-hybridized carbons (Fsp3) is 0.429. The summed E-state index contributed by atoms with van der Waals surface area (Å²) in [6, 6.07) is 7.02. The van der Waals surface area contributed by atoms with Crippen LogP contribution in [-0.4, -0.2) is 12.6 Å². The van der Waals surface area contributed by atoms with E-state index in [2.05, 4.69) is 18.2 Å². The van der Waals surface area contributed by atoms with E-state index in [0.29, 0.717) is 12.8 Å². The van der Waals surface area contributed by atoms with Gasteiger partial charge in [-0.25, -0.2) is 4.39 Å². The summed E-state index contributed by atoms with van der Waals surface area (Å²) in [7, 11) is 0. The van der Waals surface area contributed by atoms with Gasteiger partial charge < -0.3 is 5.32 Å². The van der Waals surface area contributed by atoms with E-state index < -0.39 is 0 Å². The number of halogens is 1. The van der Waals surface area contributed by atoms with Gasteiger partial charge >= 0.3 is 0 Å². The molecule has 0 saturated carbocycles. The third kappa shape index (κ3) is 4.04. The van der Waals surface area contributed by atoms with Gasteiger partial charge in [0.05, 0.1) is 0 Å². The summed E-state index contributed by atoms with van der Waals surface area (Å²) < 4.78 is 13.4. The van der Waals surface area contributed by atoms with Gasteiger partial charge in [-0.15, -0.1) is 12.3 Å². The minimum atomic E-state index is -0.150. The normalized spacial score (nSPS) is 12.1. The molecule has 0 saturated heterocycles. The van der Waals surface area contributed by atoms with Crippen LogP contribution >= 0.6 is 0 Å². The van der Waals surface area contributed by atoms with Gasteiger partial charge in [0.15, 0.2) is 0 Å². The van der Waals surface area contributed by atoms with Crippen molar-refractivity contribution in [1.82, 2.24) is 5.32 Å². The maximum Gasteiger partial charge on any atom is 0.126 e. The molecule has 0 amide bonds. The minimum Gasteiger partial charge on any atom is -0.313 e. The van der Waals surface area contributed by atoms with Gasteiger partial charge in [-0.1, -0.05) is 25.1 Å². The molecule has 2 heteroatoms. The van der Waals surface area contributed by atoms with E-state index in [-0.39, 0.29) is 11.9 Å². The largest absolute Gasteiger partial charge is 0.313 e. The molecule has 0 aliphatic carbocycles. The maximum absolute atomic E-state index is 13.4. The van der Waals surface area contributed by atoms with Crippen molar-refractivity contribution in [2.24, 2.45) is 0 Å². The highest BCUT2D eigenvalue weighted by atomic mass is 19.1. The number of terminal acetylenes is 1. The van der Waals surface area contributed by atoms with Crippen LogP contribution in [0.25, 0.3) is 0 Å². The molecular weight excluding hydrogens is 201 g/mol. The summed E-state index contributed by atoms with van der Waals surface area (Å²) in [4.78, 5) is 0. The van der Waals surface area contributed by atoms with Crippen molar-refractivity contribution in [3.05, 3.63) is 35.6 Å². The smallest absolute Gasteiger partial charge is 0.126 e. The maximum atomic E-state index is 13.4. The van der Waals surface area contributed by atoms with E-state index >= 15 is 0 Å². The minimum absolute atomic E-state index is 0.150. The van der Waals surface area contributed by atoms with Gasteiger partial charge in [0.2, 0.25) is 0 Å². The Hall–Kier alpha value is -1.33. The zero-order chi connectivity index (χ0) is 11.8. The van der Waals surface area contributed by atoms with Crippen molar-refractivity contribution in [2.45, 2.75) is 32.2 Å². The molecule has 16 heavy (non-hydrogen) atoms. The molecule has 1 rings (SSSR count). The Bertz CT molecular complexity index is 354. The summed E-state index contributed by atoms with van der Waals surface area (Å²) in [5.41, 5.74) is 0.728. The van der Waals surface area contributed by atoms with Crippen LogP contribution in [0.2, 0.25) is 0 Å². The first-order chi connectivity index (χ1) is 7.77. The number of hydrogen-bond donors (Lipinski definition) is 1. The second-order valence-corrected chi connectivity index (χ2v) is 3.85. The highest BCUT2D eigenvalue weighted by Crippen LogP contribution is 2.10. The Morgan fingerprint density at radius 2 is 2.19 bits per heavy atom. The molecule has 0 aliphatic rings. The number of nitrogens with one attached hydrogen (secondary N) is 1. The van der Waals surface area contributed by atoms with E-state index in [1.54, 1.807) is 6.07 Å². The third-order valence-corrected chi connectivity index (χ3v) is 2.47. The highest BCUT2D eigenvalue weighted by Gasteiger charge is 2.09. The number of rotatable bonds is 6. The van der Waals surface area contributed by atoms with Crippen LogP contribution in [0.3, 0.4) is 0 Å². The van der Waals surface area contributed by atoms with Crippen molar-refractivity contribution < 1.29 is 4.39 Å². The lowest BCUT2D eigenvalue weighted by Crippen LogP contribution is -2.31. The predicted octanol–water partition coefficient (Wildman–Crippen LogP) is 2.76. The highest BCUT2D eigenvalue weighted by molar-refractivity contribution is 5.18. The summed E-state index contributed by atoms with van der Waals surface area (Å²) in [6.07, 6.45) is 7.65. The molecule has 0 fully saturated rings. The lowest BCUT2D eigenvalue weighted by molar-refractivity contribution is 0.503. The number of benzene rings is 1. The van der Waals surface area contributed by atoms with Crippen LogP contribution in [0.4, 0.5) is 4.39 Å². The van der Waals surface area contributed by atoms with Crippen molar-refractivity contribution >= 4 is 0 Å². The SMILES string of the molecule is C#CCC(Cc1ccccc1F)NCCC. The second-order valence-electron chi connectivity index (χ2n) is 3.85. The predicted molar refractivity (Wildman–Crippen MR) is 65.6 cm³/mol. The van der Waals surface area contributed by atoms with Gasteiger partial charge in [0.25, 0.3) is 0 Å². The molecule has 1 unspecified atom stereocenters. The molecule has 1 atom stereocenters. The van der Waals surface area contributed by atoms with Gasteiger partial charge in [-0.2, -0.15) is 0 Å². The van der Waals surface area contributed by atoms with Crippen molar-refractivity contribution in [2.75, 3.05) is 6.54 Å². The Balaban J connectivity index is 2.61. The van der Waals surface area contributed by atoms with Crippen molar-refractivity contribution in [3.63, 3.8) is 0 Å². The summed E-state index contributed by atoms with van der Waals surface area (Å²) in [5, 5.41) is 3.34. The molecule has 0 radical (unpaired) electrons. The molecule has 0 spiro atoms. The Morgan fingerprint density at radius 3 is 2.81 bits per heavy atom. The Labute approximate surface area is 97.1 Å². The molecule has 86 valence electrons. The number of hydrogen-bond acceptors (Lipinski definition) is 1. The van der Waals surface area contributed by atoms with Gasteiger partial charge in [-0.3, -0.25) is 0 Å². The van der Waals surface area contributed by atoms with E-state index in [1.807, 2.05) is 12.1 Å².